The number of para-hydroxylation sites is 1. The first-order valence-corrected chi connectivity index (χ1v) is 8.83. The third-order valence-corrected chi connectivity index (χ3v) is 4.51. The van der Waals surface area contributed by atoms with E-state index in [9.17, 15) is 0 Å². The van der Waals surface area contributed by atoms with E-state index in [1.54, 1.807) is 18.0 Å². The lowest BCUT2D eigenvalue weighted by molar-refractivity contribution is 0.296. The van der Waals surface area contributed by atoms with Gasteiger partial charge in [0, 0.05) is 34.7 Å². The van der Waals surface area contributed by atoms with E-state index in [0.717, 1.165) is 29.1 Å². The smallest absolute Gasteiger partial charge is 0.227 e. The molecule has 4 nitrogen and oxygen atoms in total. The number of hydrogen-bond acceptors (Lipinski definition) is 5. The monoisotopic (exact) mass is 337 g/mol. The molecule has 1 heterocycles. The standard InChI is InChI=1S/C19H19N3OS/c23-13-4-14-24-17-9-7-15(8-10-17)18-11-12-20-19(22-18)21-16-5-2-1-3-6-16/h1-3,5-12,23H,4,13-14H2,(H,20,21,22). The van der Waals surface area contributed by atoms with Crippen LogP contribution in [0.2, 0.25) is 0 Å². The Bertz CT molecular complexity index is 763. The molecule has 0 unspecified atom stereocenters. The van der Waals surface area contributed by atoms with Gasteiger partial charge in [-0.3, -0.25) is 0 Å². The number of aliphatic hydroxyl groups is 1. The highest BCUT2D eigenvalue weighted by molar-refractivity contribution is 7.99. The Morgan fingerprint density at radius 3 is 2.50 bits per heavy atom. The van der Waals surface area contributed by atoms with E-state index >= 15 is 0 Å². The van der Waals surface area contributed by atoms with Crippen LogP contribution in [0.5, 0.6) is 0 Å². The van der Waals surface area contributed by atoms with Gasteiger partial charge in [-0.05, 0) is 36.8 Å². The van der Waals surface area contributed by atoms with Crippen molar-refractivity contribution in [1.29, 1.82) is 0 Å². The predicted molar refractivity (Wildman–Crippen MR) is 99.6 cm³/mol. The van der Waals surface area contributed by atoms with Gasteiger partial charge in [0.25, 0.3) is 0 Å². The summed E-state index contributed by atoms with van der Waals surface area (Å²) in [6.07, 6.45) is 2.57. The summed E-state index contributed by atoms with van der Waals surface area (Å²) in [5.41, 5.74) is 2.90. The number of aliphatic hydroxyl groups excluding tert-OH is 1. The van der Waals surface area contributed by atoms with Crippen molar-refractivity contribution in [2.75, 3.05) is 17.7 Å². The molecule has 1 aromatic heterocycles. The average molecular weight is 337 g/mol. The normalized spacial score (nSPS) is 10.5. The highest BCUT2D eigenvalue weighted by Gasteiger charge is 2.03. The van der Waals surface area contributed by atoms with E-state index in [-0.39, 0.29) is 6.61 Å². The lowest BCUT2D eigenvalue weighted by atomic mass is 10.1. The minimum Gasteiger partial charge on any atom is -0.396 e. The summed E-state index contributed by atoms with van der Waals surface area (Å²) in [4.78, 5) is 10.1. The SMILES string of the molecule is OCCCSc1ccc(-c2ccnc(Nc3ccccc3)n2)cc1. The Morgan fingerprint density at radius 2 is 1.75 bits per heavy atom. The average Bonchev–Trinajstić information content (AvgIpc) is 2.64. The molecule has 0 aliphatic carbocycles. The number of nitrogens with zero attached hydrogens (tertiary/aromatic N) is 2. The maximum atomic E-state index is 8.84. The lowest BCUT2D eigenvalue weighted by Crippen LogP contribution is -1.97. The molecule has 0 fully saturated rings. The number of nitrogens with one attached hydrogen (secondary N) is 1. The van der Waals surface area contributed by atoms with Gasteiger partial charge in [-0.2, -0.15) is 0 Å². The largest absolute Gasteiger partial charge is 0.396 e. The first kappa shape index (κ1) is 16.5. The van der Waals surface area contributed by atoms with Crippen molar-refractivity contribution in [2.45, 2.75) is 11.3 Å². The van der Waals surface area contributed by atoms with Crippen LogP contribution in [0.3, 0.4) is 0 Å². The second-order valence-electron chi connectivity index (χ2n) is 5.21. The Labute approximate surface area is 146 Å². The van der Waals surface area contributed by atoms with Gasteiger partial charge in [-0.15, -0.1) is 11.8 Å². The van der Waals surface area contributed by atoms with Crippen LogP contribution in [0.25, 0.3) is 11.3 Å². The molecule has 0 amide bonds. The molecular formula is C19H19N3OS. The number of hydrogen-bond donors (Lipinski definition) is 2. The molecule has 3 aromatic rings. The molecule has 24 heavy (non-hydrogen) atoms. The van der Waals surface area contributed by atoms with Crippen LogP contribution in [0.15, 0.2) is 71.8 Å². The van der Waals surface area contributed by atoms with Gasteiger partial charge in [0.1, 0.15) is 0 Å². The minimum absolute atomic E-state index is 0.239. The molecule has 0 radical (unpaired) electrons. The highest BCUT2D eigenvalue weighted by atomic mass is 32.2. The topological polar surface area (TPSA) is 58.0 Å². The van der Waals surface area contributed by atoms with Gasteiger partial charge < -0.3 is 10.4 Å². The maximum absolute atomic E-state index is 8.84. The van der Waals surface area contributed by atoms with E-state index in [2.05, 4.69) is 39.6 Å². The maximum Gasteiger partial charge on any atom is 0.227 e. The molecule has 2 aromatic carbocycles. The second kappa shape index (κ2) is 8.47. The van der Waals surface area contributed by atoms with Gasteiger partial charge >= 0.3 is 0 Å². The number of benzene rings is 2. The van der Waals surface area contributed by atoms with Crippen LogP contribution in [0.4, 0.5) is 11.6 Å². The first-order chi connectivity index (χ1) is 11.8. The van der Waals surface area contributed by atoms with Crippen LogP contribution >= 0.6 is 11.8 Å². The molecule has 122 valence electrons. The van der Waals surface area contributed by atoms with Crippen LogP contribution in [0.1, 0.15) is 6.42 Å². The van der Waals surface area contributed by atoms with E-state index in [4.69, 9.17) is 5.11 Å². The Hall–Kier alpha value is -2.37. The highest BCUT2D eigenvalue weighted by Crippen LogP contribution is 2.24. The number of rotatable bonds is 7. The second-order valence-corrected chi connectivity index (χ2v) is 6.37. The zero-order chi connectivity index (χ0) is 16.6. The van der Waals surface area contributed by atoms with E-state index < -0.39 is 0 Å². The summed E-state index contributed by atoms with van der Waals surface area (Å²) in [5.74, 6) is 1.51. The molecule has 0 aliphatic rings. The summed E-state index contributed by atoms with van der Waals surface area (Å²) in [6.45, 7) is 0.239. The lowest BCUT2D eigenvalue weighted by Gasteiger charge is -2.07. The fourth-order valence-electron chi connectivity index (χ4n) is 2.21. The fraction of sp³-hybridized carbons (Fsp3) is 0.158. The molecule has 5 heteroatoms. The molecular weight excluding hydrogens is 318 g/mol. The summed E-state index contributed by atoms with van der Waals surface area (Å²) in [5, 5.41) is 12.0. The van der Waals surface area contributed by atoms with Crippen molar-refractivity contribution in [3.63, 3.8) is 0 Å². The molecule has 0 bridgehead atoms. The third kappa shape index (κ3) is 4.57. The molecule has 2 N–H and O–H groups in total. The molecule has 0 aliphatic heterocycles. The van der Waals surface area contributed by atoms with E-state index in [1.165, 1.54) is 4.90 Å². The minimum atomic E-state index is 0.239. The molecule has 0 atom stereocenters. The fourth-order valence-corrected chi connectivity index (χ4v) is 3.04. The van der Waals surface area contributed by atoms with Crippen molar-refractivity contribution in [2.24, 2.45) is 0 Å². The van der Waals surface area contributed by atoms with Gasteiger partial charge in [0.05, 0.1) is 5.69 Å². The molecule has 0 spiro atoms. The van der Waals surface area contributed by atoms with Crippen molar-refractivity contribution in [1.82, 2.24) is 9.97 Å². The summed E-state index contributed by atoms with van der Waals surface area (Å²) >= 11 is 1.75. The first-order valence-electron chi connectivity index (χ1n) is 7.84. The predicted octanol–water partition coefficient (Wildman–Crippen LogP) is 4.36. The van der Waals surface area contributed by atoms with Crippen LogP contribution in [-0.4, -0.2) is 27.4 Å². The summed E-state index contributed by atoms with van der Waals surface area (Å²) in [7, 11) is 0. The van der Waals surface area contributed by atoms with Crippen molar-refractivity contribution in [3.8, 4) is 11.3 Å². The molecule has 0 saturated heterocycles. The van der Waals surface area contributed by atoms with Gasteiger partial charge in [0.2, 0.25) is 5.95 Å². The number of anilines is 2. The summed E-state index contributed by atoms with van der Waals surface area (Å²) in [6, 6.07) is 20.1. The zero-order valence-corrected chi connectivity index (χ0v) is 14.0. The molecule has 0 saturated carbocycles. The number of thioether (sulfide) groups is 1. The zero-order valence-electron chi connectivity index (χ0n) is 13.2. The van der Waals surface area contributed by atoms with Gasteiger partial charge in [-0.25, -0.2) is 9.97 Å². The third-order valence-electron chi connectivity index (χ3n) is 3.41. The Balaban J connectivity index is 1.71. The summed E-state index contributed by atoms with van der Waals surface area (Å²) < 4.78 is 0. The van der Waals surface area contributed by atoms with E-state index in [1.807, 2.05) is 36.4 Å². The van der Waals surface area contributed by atoms with Crippen LogP contribution in [-0.2, 0) is 0 Å². The number of aromatic nitrogens is 2. The van der Waals surface area contributed by atoms with E-state index in [0.29, 0.717) is 5.95 Å². The van der Waals surface area contributed by atoms with Gasteiger partial charge in [0.15, 0.2) is 0 Å². The van der Waals surface area contributed by atoms with Crippen molar-refractivity contribution < 1.29 is 5.11 Å². The quantitative estimate of drug-likeness (QED) is 0.495. The Kier molecular flexibility index (Phi) is 5.82. The van der Waals surface area contributed by atoms with Gasteiger partial charge in [-0.1, -0.05) is 30.3 Å². The van der Waals surface area contributed by atoms with Crippen LogP contribution in [0, 0.1) is 0 Å². The van der Waals surface area contributed by atoms with Crippen LogP contribution < -0.4 is 5.32 Å². The Morgan fingerprint density at radius 1 is 0.958 bits per heavy atom. The molecule has 3 rings (SSSR count). The van der Waals surface area contributed by atoms with Crippen molar-refractivity contribution >= 4 is 23.4 Å². The van der Waals surface area contributed by atoms with Crippen molar-refractivity contribution in [3.05, 3.63) is 66.9 Å².